The van der Waals surface area contributed by atoms with Crippen LogP contribution in [0.1, 0.15) is 30.4 Å². The first-order valence-electron chi connectivity index (χ1n) is 8.41. The van der Waals surface area contributed by atoms with E-state index in [4.69, 9.17) is 13.9 Å². The summed E-state index contributed by atoms with van der Waals surface area (Å²) in [5.41, 5.74) is 0.154. The molecule has 0 saturated heterocycles. The van der Waals surface area contributed by atoms with Crippen molar-refractivity contribution in [2.24, 2.45) is 0 Å². The smallest absolute Gasteiger partial charge is 0.349 e. The minimum absolute atomic E-state index is 0.291. The van der Waals surface area contributed by atoms with Gasteiger partial charge < -0.3 is 13.9 Å². The first kappa shape index (κ1) is 16.4. The van der Waals surface area contributed by atoms with E-state index in [2.05, 4.69) is 0 Å². The highest BCUT2D eigenvalue weighted by Crippen LogP contribution is 2.46. The number of methoxy groups -OCH3 is 1. The van der Waals surface area contributed by atoms with Crippen molar-refractivity contribution in [2.75, 3.05) is 7.11 Å². The first-order valence-corrected chi connectivity index (χ1v) is 8.41. The standard InChI is InChI=1S/C21H18O5/c1-21(20(23)24-2)12-15(13-8-4-3-5-9-13)17-18(26-21)14-10-6-7-11-16(14)25-19(17)22/h3-11,15H,12H2,1-2H3/t15-,21+/m0/s1. The van der Waals surface area contributed by atoms with E-state index in [1.807, 2.05) is 42.5 Å². The summed E-state index contributed by atoms with van der Waals surface area (Å²) in [7, 11) is 1.33. The van der Waals surface area contributed by atoms with Crippen molar-refractivity contribution >= 4 is 16.9 Å². The molecule has 3 aromatic rings. The highest BCUT2D eigenvalue weighted by atomic mass is 16.6. The Balaban J connectivity index is 2.02. The average molecular weight is 350 g/mol. The number of para-hydroxylation sites is 1. The zero-order chi connectivity index (χ0) is 18.3. The summed E-state index contributed by atoms with van der Waals surface area (Å²) in [5, 5.41) is 0.665. The third-order valence-electron chi connectivity index (χ3n) is 4.89. The second-order valence-electron chi connectivity index (χ2n) is 6.62. The molecule has 4 rings (SSSR count). The maximum absolute atomic E-state index is 12.7. The molecule has 2 aromatic carbocycles. The predicted octanol–water partition coefficient (Wildman–Crippen LogP) is 3.64. The van der Waals surface area contributed by atoms with Crippen LogP contribution in [0.4, 0.5) is 0 Å². The van der Waals surface area contributed by atoms with Gasteiger partial charge in [-0.25, -0.2) is 9.59 Å². The van der Waals surface area contributed by atoms with Gasteiger partial charge in [-0.05, 0) is 24.6 Å². The molecule has 5 heteroatoms. The Morgan fingerprint density at radius 3 is 2.54 bits per heavy atom. The van der Waals surface area contributed by atoms with E-state index >= 15 is 0 Å². The number of hydrogen-bond acceptors (Lipinski definition) is 5. The Bertz CT molecular complexity index is 1040. The number of hydrogen-bond donors (Lipinski definition) is 0. The van der Waals surface area contributed by atoms with Crippen LogP contribution in [0.15, 0.2) is 63.8 Å². The number of ether oxygens (including phenoxy) is 2. The lowest BCUT2D eigenvalue weighted by Crippen LogP contribution is -2.47. The van der Waals surface area contributed by atoms with Gasteiger partial charge in [0.15, 0.2) is 0 Å². The van der Waals surface area contributed by atoms with Crippen molar-refractivity contribution in [1.29, 1.82) is 0 Å². The van der Waals surface area contributed by atoms with Crippen LogP contribution in [0, 0.1) is 0 Å². The van der Waals surface area contributed by atoms with Crippen molar-refractivity contribution in [3.63, 3.8) is 0 Å². The SMILES string of the molecule is COC(=O)[C@@]1(C)C[C@@H](c2ccccc2)c2c(c3ccccc3oc2=O)O1. The van der Waals surface area contributed by atoms with Crippen molar-refractivity contribution < 1.29 is 18.7 Å². The molecule has 0 bridgehead atoms. The van der Waals surface area contributed by atoms with E-state index in [0.717, 1.165) is 5.56 Å². The van der Waals surface area contributed by atoms with E-state index in [0.29, 0.717) is 28.7 Å². The van der Waals surface area contributed by atoms with Crippen molar-refractivity contribution in [3.05, 3.63) is 76.1 Å². The molecule has 2 atom stereocenters. The van der Waals surface area contributed by atoms with E-state index in [1.165, 1.54) is 7.11 Å². The molecule has 0 unspecified atom stereocenters. The predicted molar refractivity (Wildman–Crippen MR) is 96.4 cm³/mol. The normalized spacial score (nSPS) is 21.7. The molecular formula is C21H18O5. The summed E-state index contributed by atoms with van der Waals surface area (Å²) in [6, 6.07) is 16.8. The molecule has 132 valence electrons. The minimum Gasteiger partial charge on any atom is -0.474 e. The minimum atomic E-state index is -1.20. The van der Waals surface area contributed by atoms with Gasteiger partial charge in [0.2, 0.25) is 5.60 Å². The summed E-state index contributed by atoms with van der Waals surface area (Å²) in [5.74, 6) is -0.406. The molecule has 1 aliphatic heterocycles. The molecule has 0 spiro atoms. The highest BCUT2D eigenvalue weighted by Gasteiger charge is 2.46. The quantitative estimate of drug-likeness (QED) is 0.521. The average Bonchev–Trinajstić information content (AvgIpc) is 2.67. The van der Waals surface area contributed by atoms with Crippen LogP contribution in [0.5, 0.6) is 5.75 Å². The molecule has 0 radical (unpaired) electrons. The van der Waals surface area contributed by atoms with Gasteiger partial charge in [-0.3, -0.25) is 0 Å². The van der Waals surface area contributed by atoms with E-state index < -0.39 is 17.2 Å². The van der Waals surface area contributed by atoms with Gasteiger partial charge in [0.05, 0.1) is 18.1 Å². The molecular weight excluding hydrogens is 332 g/mol. The van der Waals surface area contributed by atoms with Gasteiger partial charge >= 0.3 is 11.6 Å². The summed E-state index contributed by atoms with van der Waals surface area (Å²) in [4.78, 5) is 25.2. The first-order chi connectivity index (χ1) is 12.5. The maximum Gasteiger partial charge on any atom is 0.349 e. The monoisotopic (exact) mass is 350 g/mol. The molecule has 1 aromatic heterocycles. The fourth-order valence-corrected chi connectivity index (χ4v) is 3.62. The summed E-state index contributed by atoms with van der Waals surface area (Å²) >= 11 is 0. The van der Waals surface area contributed by atoms with Crippen molar-refractivity contribution in [2.45, 2.75) is 24.9 Å². The third kappa shape index (κ3) is 2.47. The van der Waals surface area contributed by atoms with Crippen LogP contribution in [0.3, 0.4) is 0 Å². The molecule has 26 heavy (non-hydrogen) atoms. The Kier molecular flexibility index (Phi) is 3.80. The second kappa shape index (κ2) is 6.02. The topological polar surface area (TPSA) is 65.7 Å². The molecule has 1 aliphatic rings. The zero-order valence-corrected chi connectivity index (χ0v) is 14.5. The number of esters is 1. The lowest BCUT2D eigenvalue weighted by molar-refractivity contribution is -0.159. The number of fused-ring (bicyclic) bond motifs is 3. The fourth-order valence-electron chi connectivity index (χ4n) is 3.62. The number of carbonyl (C=O) groups is 1. The number of rotatable bonds is 2. The van der Waals surface area contributed by atoms with Gasteiger partial charge in [-0.1, -0.05) is 42.5 Å². The summed E-state index contributed by atoms with van der Waals surface area (Å²) in [6.07, 6.45) is 0.291. The summed E-state index contributed by atoms with van der Waals surface area (Å²) < 4.78 is 16.6. The van der Waals surface area contributed by atoms with Gasteiger partial charge in [0, 0.05) is 12.3 Å². The fraction of sp³-hybridized carbons (Fsp3) is 0.238. The number of benzene rings is 2. The van der Waals surface area contributed by atoms with Crippen LogP contribution in [-0.4, -0.2) is 18.7 Å². The maximum atomic E-state index is 12.7. The molecule has 0 aliphatic carbocycles. The van der Waals surface area contributed by atoms with Crippen molar-refractivity contribution in [1.82, 2.24) is 0 Å². The Morgan fingerprint density at radius 2 is 1.81 bits per heavy atom. The van der Waals surface area contributed by atoms with Gasteiger partial charge in [0.25, 0.3) is 0 Å². The van der Waals surface area contributed by atoms with Crippen LogP contribution in [-0.2, 0) is 9.53 Å². The molecule has 0 amide bonds. The molecule has 0 N–H and O–H groups in total. The highest BCUT2D eigenvalue weighted by molar-refractivity contribution is 5.87. The molecule has 0 fully saturated rings. The van der Waals surface area contributed by atoms with Gasteiger partial charge in [-0.15, -0.1) is 0 Å². The van der Waals surface area contributed by atoms with Crippen LogP contribution >= 0.6 is 0 Å². The summed E-state index contributed by atoms with van der Waals surface area (Å²) in [6.45, 7) is 1.70. The lowest BCUT2D eigenvalue weighted by atomic mass is 9.79. The molecule has 2 heterocycles. The van der Waals surface area contributed by atoms with E-state index in [9.17, 15) is 9.59 Å². The number of carbonyl (C=O) groups excluding carboxylic acids is 1. The zero-order valence-electron chi connectivity index (χ0n) is 14.5. The van der Waals surface area contributed by atoms with Gasteiger partial charge in [-0.2, -0.15) is 0 Å². The van der Waals surface area contributed by atoms with Gasteiger partial charge in [0.1, 0.15) is 11.3 Å². The van der Waals surface area contributed by atoms with Crippen LogP contribution in [0.25, 0.3) is 11.0 Å². The second-order valence-corrected chi connectivity index (χ2v) is 6.62. The Hall–Kier alpha value is -3.08. The van der Waals surface area contributed by atoms with E-state index in [-0.39, 0.29) is 5.92 Å². The van der Waals surface area contributed by atoms with Crippen molar-refractivity contribution in [3.8, 4) is 5.75 Å². The van der Waals surface area contributed by atoms with Crippen LogP contribution in [0.2, 0.25) is 0 Å². The molecule has 0 saturated carbocycles. The lowest BCUT2D eigenvalue weighted by Gasteiger charge is -2.37. The molecule has 5 nitrogen and oxygen atoms in total. The third-order valence-corrected chi connectivity index (χ3v) is 4.89. The Labute approximate surface area is 150 Å². The largest absolute Gasteiger partial charge is 0.474 e. The van der Waals surface area contributed by atoms with E-state index in [1.54, 1.807) is 19.1 Å². The van der Waals surface area contributed by atoms with Crippen LogP contribution < -0.4 is 10.4 Å². The Morgan fingerprint density at radius 1 is 1.12 bits per heavy atom.